The van der Waals surface area contributed by atoms with Gasteiger partial charge in [0.25, 0.3) is 0 Å². The summed E-state index contributed by atoms with van der Waals surface area (Å²) < 4.78 is 21.2. The normalized spacial score (nSPS) is 14.1. The summed E-state index contributed by atoms with van der Waals surface area (Å²) in [6, 6.07) is 15.1. The Morgan fingerprint density at radius 2 is 1.53 bits per heavy atom. The first-order valence-corrected chi connectivity index (χ1v) is 8.14. The van der Waals surface area contributed by atoms with Crippen molar-refractivity contribution in [3.8, 4) is 0 Å². The average molecular weight is 359 g/mol. The Bertz CT molecular complexity index is 569. The van der Waals surface area contributed by atoms with Crippen molar-refractivity contribution in [1.29, 1.82) is 0 Å². The third-order valence-corrected chi connectivity index (χ3v) is 4.60. The summed E-state index contributed by atoms with van der Waals surface area (Å²) in [5.41, 5.74) is 2.96. The van der Waals surface area contributed by atoms with Gasteiger partial charge in [-0.1, -0.05) is 75.0 Å². The zero-order valence-corrected chi connectivity index (χ0v) is 13.0. The van der Waals surface area contributed by atoms with Crippen molar-refractivity contribution in [2.24, 2.45) is 0 Å². The Morgan fingerprint density at radius 1 is 1.05 bits per heavy atom. The predicted octanol–water partition coefficient (Wildman–Crippen LogP) is 4.20. The number of benzene rings is 2. The van der Waals surface area contributed by atoms with Gasteiger partial charge in [0.2, 0.25) is 0 Å². The van der Waals surface area contributed by atoms with Crippen molar-refractivity contribution in [3.05, 3.63) is 70.2 Å². The molecule has 2 rings (SSSR count). The van der Waals surface area contributed by atoms with E-state index >= 15 is 0 Å². The predicted molar refractivity (Wildman–Crippen MR) is 81.3 cm³/mol. The van der Waals surface area contributed by atoms with Crippen molar-refractivity contribution in [1.82, 2.24) is 0 Å². The fraction of sp³-hybridized carbons (Fsp3) is 0.143. The van der Waals surface area contributed by atoms with Gasteiger partial charge in [-0.25, -0.2) is 0 Å². The van der Waals surface area contributed by atoms with Gasteiger partial charge in [0, 0.05) is 10.8 Å². The first kappa shape index (κ1) is 14.7. The topological polar surface area (TPSA) is 40.1 Å². The Balaban J connectivity index is 2.17. The number of hydrogen-bond donors (Lipinski definition) is 0. The van der Waals surface area contributed by atoms with E-state index < -0.39 is 11.1 Å². The Hall–Kier alpha value is -0.680. The molecule has 0 saturated carbocycles. The molecule has 0 heterocycles. The summed E-state index contributed by atoms with van der Waals surface area (Å²) in [6.07, 6.45) is 0. The molecule has 0 bridgehead atoms. The number of halogens is 2. The van der Waals surface area contributed by atoms with Gasteiger partial charge < -0.3 is 4.55 Å². The van der Waals surface area contributed by atoms with Crippen LogP contribution in [0.2, 0.25) is 5.02 Å². The Kier molecular flexibility index (Phi) is 5.16. The lowest BCUT2D eigenvalue weighted by molar-refractivity contribution is 0.536. The fourth-order valence-electron chi connectivity index (χ4n) is 1.74. The van der Waals surface area contributed by atoms with E-state index in [1.165, 1.54) is 0 Å². The van der Waals surface area contributed by atoms with Crippen LogP contribution in [0.5, 0.6) is 0 Å². The standard InChI is InChI=1S/C14H12BrClO2S/c15-14(12-5-7-13(16)8-6-12)11-3-1-10(2-4-11)9-19(17)18/h1-8,14H,9H2,(H,17,18)/p-1. The minimum absolute atomic E-state index is 0.0498. The second-order valence-electron chi connectivity index (χ2n) is 4.10. The maximum atomic E-state index is 10.6. The summed E-state index contributed by atoms with van der Waals surface area (Å²) in [4.78, 5) is 0.0663. The summed E-state index contributed by atoms with van der Waals surface area (Å²) >= 11 is 7.44. The van der Waals surface area contributed by atoms with Gasteiger partial charge in [-0.15, -0.1) is 0 Å². The monoisotopic (exact) mass is 357 g/mol. The Labute approximate surface area is 128 Å². The van der Waals surface area contributed by atoms with E-state index in [0.29, 0.717) is 5.02 Å². The highest BCUT2D eigenvalue weighted by molar-refractivity contribution is 9.09. The van der Waals surface area contributed by atoms with Crippen LogP contribution in [-0.4, -0.2) is 8.76 Å². The van der Waals surface area contributed by atoms with Crippen molar-refractivity contribution < 1.29 is 8.76 Å². The molecule has 0 aliphatic heterocycles. The van der Waals surface area contributed by atoms with E-state index in [9.17, 15) is 8.76 Å². The van der Waals surface area contributed by atoms with Crippen LogP contribution >= 0.6 is 27.5 Å². The minimum atomic E-state index is -2.05. The van der Waals surface area contributed by atoms with Gasteiger partial charge >= 0.3 is 0 Å². The lowest BCUT2D eigenvalue weighted by Crippen LogP contribution is -1.96. The van der Waals surface area contributed by atoms with Crippen molar-refractivity contribution in [2.45, 2.75) is 10.6 Å². The minimum Gasteiger partial charge on any atom is -0.772 e. The van der Waals surface area contributed by atoms with E-state index in [2.05, 4.69) is 15.9 Å². The van der Waals surface area contributed by atoms with Crippen LogP contribution in [0.25, 0.3) is 0 Å². The summed E-state index contributed by atoms with van der Waals surface area (Å²) in [7, 11) is 0. The summed E-state index contributed by atoms with van der Waals surface area (Å²) in [5.74, 6) is 0.0498. The molecule has 0 radical (unpaired) electrons. The van der Waals surface area contributed by atoms with Crippen LogP contribution in [0.1, 0.15) is 21.5 Å². The molecule has 2 nitrogen and oxygen atoms in total. The lowest BCUT2D eigenvalue weighted by atomic mass is 10.0. The second kappa shape index (κ2) is 6.66. The zero-order chi connectivity index (χ0) is 13.8. The molecule has 0 amide bonds. The zero-order valence-electron chi connectivity index (χ0n) is 9.88. The van der Waals surface area contributed by atoms with Gasteiger partial charge in [-0.2, -0.15) is 0 Å². The molecule has 0 N–H and O–H groups in total. The average Bonchev–Trinajstić information content (AvgIpc) is 2.39. The van der Waals surface area contributed by atoms with Crippen molar-refractivity contribution in [3.63, 3.8) is 0 Å². The smallest absolute Gasteiger partial charge is 0.0644 e. The van der Waals surface area contributed by atoms with Gasteiger partial charge in [0.15, 0.2) is 0 Å². The van der Waals surface area contributed by atoms with Crippen LogP contribution < -0.4 is 0 Å². The molecule has 0 aliphatic rings. The van der Waals surface area contributed by atoms with Gasteiger partial charge in [0.05, 0.1) is 4.83 Å². The molecule has 0 spiro atoms. The van der Waals surface area contributed by atoms with E-state index in [-0.39, 0.29) is 10.6 Å². The third-order valence-electron chi connectivity index (χ3n) is 2.72. The summed E-state index contributed by atoms with van der Waals surface area (Å²) in [5, 5.41) is 0.705. The van der Waals surface area contributed by atoms with Crippen LogP contribution in [0.15, 0.2) is 48.5 Å². The molecular weight excluding hydrogens is 348 g/mol. The molecule has 0 saturated heterocycles. The molecule has 0 aliphatic carbocycles. The number of rotatable bonds is 4. The third kappa shape index (κ3) is 4.14. The quantitative estimate of drug-likeness (QED) is 0.607. The molecule has 0 fully saturated rings. The van der Waals surface area contributed by atoms with Crippen molar-refractivity contribution >= 4 is 38.6 Å². The molecule has 2 aromatic rings. The fourth-order valence-corrected chi connectivity index (χ4v) is 2.94. The van der Waals surface area contributed by atoms with Crippen LogP contribution in [0.3, 0.4) is 0 Å². The van der Waals surface area contributed by atoms with Gasteiger partial charge in [0.1, 0.15) is 0 Å². The highest BCUT2D eigenvalue weighted by atomic mass is 79.9. The first-order valence-electron chi connectivity index (χ1n) is 5.60. The molecule has 0 aromatic heterocycles. The Morgan fingerprint density at radius 3 is 2.00 bits per heavy atom. The van der Waals surface area contributed by atoms with Crippen molar-refractivity contribution in [2.75, 3.05) is 0 Å². The number of hydrogen-bond acceptors (Lipinski definition) is 2. The van der Waals surface area contributed by atoms with Gasteiger partial charge in [-0.3, -0.25) is 4.21 Å². The molecule has 100 valence electrons. The van der Waals surface area contributed by atoms with E-state index in [1.54, 1.807) is 0 Å². The molecule has 2 unspecified atom stereocenters. The van der Waals surface area contributed by atoms with Crippen LogP contribution in [0, 0.1) is 0 Å². The van der Waals surface area contributed by atoms with E-state index in [4.69, 9.17) is 11.6 Å². The molecular formula is C14H11BrClO2S-. The highest BCUT2D eigenvalue weighted by Gasteiger charge is 2.09. The van der Waals surface area contributed by atoms with Crippen LogP contribution in [-0.2, 0) is 16.8 Å². The van der Waals surface area contributed by atoms with E-state index in [0.717, 1.165) is 16.7 Å². The molecule has 19 heavy (non-hydrogen) atoms. The highest BCUT2D eigenvalue weighted by Crippen LogP contribution is 2.31. The largest absolute Gasteiger partial charge is 0.772 e. The maximum Gasteiger partial charge on any atom is 0.0644 e. The maximum absolute atomic E-state index is 10.6. The number of alkyl halides is 1. The van der Waals surface area contributed by atoms with Crippen LogP contribution in [0.4, 0.5) is 0 Å². The lowest BCUT2D eigenvalue weighted by Gasteiger charge is -2.12. The van der Waals surface area contributed by atoms with E-state index in [1.807, 2.05) is 48.5 Å². The first-order chi connectivity index (χ1) is 9.06. The SMILES string of the molecule is O=S([O-])Cc1ccc(C(Br)c2ccc(Cl)cc2)cc1. The molecule has 2 atom stereocenters. The molecule has 5 heteroatoms. The summed E-state index contributed by atoms with van der Waals surface area (Å²) in [6.45, 7) is 0. The second-order valence-corrected chi connectivity index (χ2v) is 6.35. The molecule has 2 aromatic carbocycles. The van der Waals surface area contributed by atoms with Gasteiger partial charge in [-0.05, 0) is 28.8 Å².